The van der Waals surface area contributed by atoms with Gasteiger partial charge in [0.15, 0.2) is 0 Å². The highest BCUT2D eigenvalue weighted by Gasteiger charge is 2.25. The molecule has 0 radical (unpaired) electrons. The fraction of sp³-hybridized carbons (Fsp3) is 0.462. The summed E-state index contributed by atoms with van der Waals surface area (Å²) >= 11 is 0. The van der Waals surface area contributed by atoms with Crippen LogP contribution in [0.25, 0.3) is 0 Å². The molecule has 1 heterocycles. The van der Waals surface area contributed by atoms with Crippen LogP contribution < -0.4 is 4.74 Å². The smallest absolute Gasteiger partial charge is 0.150 e. The van der Waals surface area contributed by atoms with E-state index in [9.17, 15) is 9.18 Å². The number of likely N-dealkylation sites (tertiary alicyclic amines) is 1. The summed E-state index contributed by atoms with van der Waals surface area (Å²) in [6.07, 6.45) is 0.307. The summed E-state index contributed by atoms with van der Waals surface area (Å²) in [7, 11) is 0. The van der Waals surface area contributed by atoms with E-state index in [0.29, 0.717) is 25.9 Å². The first kappa shape index (κ1) is 7.82. The maximum Gasteiger partial charge on any atom is 0.150 e. The maximum absolute atomic E-state index is 12.3. The van der Waals surface area contributed by atoms with Crippen molar-refractivity contribution in [2.24, 2.45) is 5.92 Å². The molecule has 1 aromatic rings. The van der Waals surface area contributed by atoms with Crippen LogP contribution in [-0.4, -0.2) is 44.1 Å². The van der Waals surface area contributed by atoms with Gasteiger partial charge in [-0.15, -0.1) is 0 Å². The largest absolute Gasteiger partial charge is 0.492 e. The molecule has 0 aromatic heterocycles. The van der Waals surface area contributed by atoms with Crippen LogP contribution in [0.4, 0.5) is 4.39 Å². The molecular weight excluding hydrogens is 221 g/mol. The Morgan fingerprint density at radius 2 is 2.18 bits per heavy atom. The Kier molecular flexibility index (Phi) is 2.66. The quantitative estimate of drug-likeness (QED) is 0.711. The topological polar surface area (TPSA) is 29.5 Å². The van der Waals surface area contributed by atoms with Crippen molar-refractivity contribution in [3.63, 3.8) is 0 Å². The van der Waals surface area contributed by atoms with Crippen LogP contribution in [0.2, 0.25) is 0 Å². The van der Waals surface area contributed by atoms with Crippen molar-refractivity contribution in [3.05, 3.63) is 29.7 Å². The molecule has 4 heteroatoms. The first-order valence-corrected chi connectivity index (χ1v) is 5.46. The lowest BCUT2D eigenvalue weighted by atomic mass is 10.0. The lowest BCUT2D eigenvalue weighted by Crippen LogP contribution is -2.49. The third-order valence-corrected chi connectivity index (χ3v) is 2.64. The van der Waals surface area contributed by atoms with Crippen LogP contribution in [0.1, 0.15) is 15.8 Å². The van der Waals surface area contributed by atoms with Crippen molar-refractivity contribution in [2.45, 2.75) is 0 Å². The molecule has 0 bridgehead atoms. The van der Waals surface area contributed by atoms with Crippen LogP contribution in [-0.2, 0) is 0 Å². The highest BCUT2D eigenvalue weighted by molar-refractivity contribution is 5.74. The molecule has 0 aliphatic carbocycles. The molecule has 92 valence electrons. The number of hydrogen-bond acceptors (Lipinski definition) is 3. The number of alkyl halides is 1. The van der Waals surface area contributed by atoms with E-state index in [0.717, 1.165) is 0 Å². The molecule has 0 amide bonds. The number of carbonyl (C=O) groups excluding carboxylic acids is 1. The van der Waals surface area contributed by atoms with Crippen molar-refractivity contribution in [1.82, 2.24) is 4.90 Å². The number of carbonyl (C=O) groups is 1. The van der Waals surface area contributed by atoms with Gasteiger partial charge in [-0.05, 0) is 24.2 Å². The molecule has 0 atom stereocenters. The molecule has 1 aliphatic rings. The van der Waals surface area contributed by atoms with Gasteiger partial charge in [-0.2, -0.15) is 0 Å². The molecule has 1 fully saturated rings. The molecule has 0 saturated carbocycles. The standard InChI is InChI=1S/C13H16FNO2/c14-7-12-8-15(9-12)5-6-17-13-3-1-11(10-16)2-4-13/h1-4,10,12H,5-9H2/i1D,2D,3D,4D. The number of halogens is 1. The Morgan fingerprint density at radius 1 is 1.47 bits per heavy atom. The monoisotopic (exact) mass is 241 g/mol. The van der Waals surface area contributed by atoms with Gasteiger partial charge in [-0.3, -0.25) is 14.1 Å². The molecule has 17 heavy (non-hydrogen) atoms. The first-order valence-electron chi connectivity index (χ1n) is 7.46. The summed E-state index contributed by atoms with van der Waals surface area (Å²) in [5, 5.41) is 0. The second-order valence-corrected chi connectivity index (χ2v) is 3.99. The van der Waals surface area contributed by atoms with E-state index in [2.05, 4.69) is 0 Å². The zero-order valence-electron chi connectivity index (χ0n) is 13.3. The summed E-state index contributed by atoms with van der Waals surface area (Å²) in [6.45, 7) is 1.72. The number of benzene rings is 1. The molecule has 0 spiro atoms. The molecule has 3 nitrogen and oxygen atoms in total. The molecular formula is C13H16FNO2. The fourth-order valence-corrected chi connectivity index (χ4v) is 1.68. The van der Waals surface area contributed by atoms with Gasteiger partial charge < -0.3 is 4.74 Å². The second kappa shape index (κ2) is 5.77. The number of aldehydes is 1. The van der Waals surface area contributed by atoms with Gasteiger partial charge >= 0.3 is 0 Å². The van der Waals surface area contributed by atoms with Crippen LogP contribution in [0.5, 0.6) is 5.75 Å². The van der Waals surface area contributed by atoms with Crippen molar-refractivity contribution < 1.29 is 19.4 Å². The molecule has 1 aromatic carbocycles. The van der Waals surface area contributed by atoms with Crippen molar-refractivity contribution >= 4 is 6.29 Å². The third kappa shape index (κ3) is 3.27. The van der Waals surface area contributed by atoms with Gasteiger partial charge in [0.05, 0.1) is 12.2 Å². The van der Waals surface area contributed by atoms with E-state index >= 15 is 0 Å². The lowest BCUT2D eigenvalue weighted by Gasteiger charge is -2.37. The van der Waals surface area contributed by atoms with Gasteiger partial charge in [-0.1, -0.05) is 0 Å². The van der Waals surface area contributed by atoms with E-state index < -0.39 is 12.1 Å². The van der Waals surface area contributed by atoms with Gasteiger partial charge in [0.1, 0.15) is 18.6 Å². The minimum absolute atomic E-state index is 0.0787. The molecule has 2 rings (SSSR count). The number of hydrogen-bond donors (Lipinski definition) is 0. The average Bonchev–Trinajstić information content (AvgIpc) is 2.43. The number of nitrogens with zero attached hydrogens (tertiary/aromatic N) is 1. The molecule has 0 N–H and O–H groups in total. The third-order valence-electron chi connectivity index (χ3n) is 2.64. The molecule has 1 aliphatic heterocycles. The van der Waals surface area contributed by atoms with Crippen molar-refractivity contribution in [2.75, 3.05) is 32.9 Å². The minimum Gasteiger partial charge on any atom is -0.492 e. The second-order valence-electron chi connectivity index (χ2n) is 3.99. The molecule has 0 unspecified atom stereocenters. The van der Waals surface area contributed by atoms with E-state index in [1.807, 2.05) is 4.90 Å². The van der Waals surface area contributed by atoms with E-state index in [1.165, 1.54) is 0 Å². The Morgan fingerprint density at radius 3 is 2.76 bits per heavy atom. The summed E-state index contributed by atoms with van der Waals surface area (Å²) < 4.78 is 48.4. The normalized spacial score (nSPS) is 19.8. The van der Waals surface area contributed by atoms with Crippen molar-refractivity contribution in [1.29, 1.82) is 0 Å². The number of ether oxygens (including phenoxy) is 1. The van der Waals surface area contributed by atoms with E-state index in [4.69, 9.17) is 10.2 Å². The average molecular weight is 241 g/mol. The first-order chi connectivity index (χ1) is 9.99. The predicted octanol–water partition coefficient (Wildman–Crippen LogP) is 1.78. The number of rotatable bonds is 6. The van der Waals surface area contributed by atoms with Crippen LogP contribution in [0.3, 0.4) is 0 Å². The zero-order chi connectivity index (χ0) is 15.6. The summed E-state index contributed by atoms with van der Waals surface area (Å²) in [6, 6.07) is -1.52. The van der Waals surface area contributed by atoms with E-state index in [1.54, 1.807) is 0 Å². The summed E-state index contributed by atoms with van der Waals surface area (Å²) in [5.41, 5.74) is -0.272. The van der Waals surface area contributed by atoms with Crippen LogP contribution in [0.15, 0.2) is 24.2 Å². The van der Waals surface area contributed by atoms with Gasteiger partial charge in [-0.25, -0.2) is 0 Å². The SMILES string of the molecule is [2H]c1c([2H])c(OCCN2CC(CF)C2)c([2H])c([2H])c1C=O. The lowest BCUT2D eigenvalue weighted by molar-refractivity contribution is 0.0668. The van der Waals surface area contributed by atoms with E-state index in [-0.39, 0.29) is 42.6 Å². The minimum atomic E-state index is -0.401. The predicted molar refractivity (Wildman–Crippen MR) is 63.2 cm³/mol. The van der Waals surface area contributed by atoms with Gasteiger partial charge in [0, 0.05) is 31.1 Å². The van der Waals surface area contributed by atoms with Gasteiger partial charge in [0.2, 0.25) is 0 Å². The maximum atomic E-state index is 12.3. The zero-order valence-corrected chi connectivity index (χ0v) is 9.33. The Bertz CT molecular complexity index is 520. The molecule has 1 saturated heterocycles. The Balaban J connectivity index is 2.02. The summed E-state index contributed by atoms with van der Waals surface area (Å²) in [4.78, 5) is 12.8. The highest BCUT2D eigenvalue weighted by Crippen LogP contribution is 2.16. The van der Waals surface area contributed by atoms with Crippen molar-refractivity contribution in [3.8, 4) is 5.75 Å². The summed E-state index contributed by atoms with van der Waals surface area (Å²) in [5.74, 6) is -0.0757. The van der Waals surface area contributed by atoms with Crippen LogP contribution >= 0.6 is 0 Å². The Hall–Kier alpha value is -1.42. The van der Waals surface area contributed by atoms with Gasteiger partial charge in [0.25, 0.3) is 0 Å². The fourth-order valence-electron chi connectivity index (χ4n) is 1.68. The van der Waals surface area contributed by atoms with Crippen LogP contribution in [0, 0.1) is 5.92 Å². The Labute approximate surface area is 106 Å². The highest BCUT2D eigenvalue weighted by atomic mass is 19.1.